The first-order valence-corrected chi connectivity index (χ1v) is 6.47. The van der Waals surface area contributed by atoms with Crippen molar-refractivity contribution in [2.24, 2.45) is 0 Å². The lowest BCUT2D eigenvalue weighted by Gasteiger charge is -2.08. The molecule has 2 N–H and O–H groups in total. The number of carboxylic acids is 1. The average molecular weight is 285 g/mol. The van der Waals surface area contributed by atoms with Gasteiger partial charge in [0.2, 0.25) is 0 Å². The third-order valence-corrected chi connectivity index (χ3v) is 3.26. The van der Waals surface area contributed by atoms with Gasteiger partial charge in [-0.15, -0.1) is 0 Å². The van der Waals surface area contributed by atoms with E-state index in [1.54, 1.807) is 24.3 Å². The highest BCUT2D eigenvalue weighted by molar-refractivity contribution is 5.91. The average Bonchev–Trinajstić information content (AvgIpc) is 2.97. The second-order valence-electron chi connectivity index (χ2n) is 4.66. The predicted octanol–water partition coefficient (Wildman–Crippen LogP) is 2.80. The minimum Gasteiger partial charge on any atom is -0.478 e. The molecule has 0 saturated heterocycles. The van der Waals surface area contributed by atoms with Gasteiger partial charge in [0.25, 0.3) is 0 Å². The van der Waals surface area contributed by atoms with E-state index in [4.69, 9.17) is 5.11 Å². The fourth-order valence-corrected chi connectivity index (χ4v) is 2.19. The van der Waals surface area contributed by atoms with Crippen molar-refractivity contribution in [2.45, 2.75) is 12.8 Å². The quantitative estimate of drug-likeness (QED) is 0.908. The van der Waals surface area contributed by atoms with E-state index in [1.807, 2.05) is 6.08 Å². The van der Waals surface area contributed by atoms with E-state index in [9.17, 15) is 9.18 Å². The third kappa shape index (κ3) is 2.60. The van der Waals surface area contributed by atoms with Gasteiger partial charge in [-0.05, 0) is 31.1 Å². The van der Waals surface area contributed by atoms with Gasteiger partial charge in [-0.1, -0.05) is 18.2 Å². The molecular weight excluding hydrogens is 273 g/mol. The highest BCUT2D eigenvalue weighted by atomic mass is 19.1. The van der Waals surface area contributed by atoms with Gasteiger partial charge in [0.15, 0.2) is 11.6 Å². The van der Waals surface area contributed by atoms with E-state index in [1.165, 1.54) is 6.07 Å². The van der Waals surface area contributed by atoms with E-state index in [0.717, 1.165) is 0 Å². The number of benzene rings is 1. The first-order chi connectivity index (χ1) is 10.1. The van der Waals surface area contributed by atoms with E-state index in [0.29, 0.717) is 35.4 Å². The Labute approximate surface area is 119 Å². The second-order valence-corrected chi connectivity index (χ2v) is 4.66. The largest absolute Gasteiger partial charge is 0.478 e. The van der Waals surface area contributed by atoms with Gasteiger partial charge in [-0.3, -0.25) is 5.10 Å². The number of aromatic amines is 1. The molecule has 0 amide bonds. The van der Waals surface area contributed by atoms with Crippen molar-refractivity contribution in [3.05, 3.63) is 53.6 Å². The van der Waals surface area contributed by atoms with Gasteiger partial charge in [0.05, 0.1) is 5.56 Å². The summed E-state index contributed by atoms with van der Waals surface area (Å²) >= 11 is 0. The normalized spacial score (nSPS) is 14.5. The number of nitrogens with zero attached hydrogens (tertiary/aromatic N) is 2. The Bertz CT molecular complexity index is 762. The summed E-state index contributed by atoms with van der Waals surface area (Å²) < 4.78 is 13.7. The number of halogens is 1. The molecule has 1 aliphatic carbocycles. The Morgan fingerprint density at radius 1 is 1.33 bits per heavy atom. The maximum Gasteiger partial charge on any atom is 0.331 e. The third-order valence-electron chi connectivity index (χ3n) is 3.26. The van der Waals surface area contributed by atoms with Crippen molar-refractivity contribution in [2.75, 3.05) is 0 Å². The molecule has 0 unspecified atom stereocenters. The molecule has 2 aromatic rings. The number of carbonyl (C=O) groups is 1. The summed E-state index contributed by atoms with van der Waals surface area (Å²) in [4.78, 5) is 15.3. The zero-order valence-corrected chi connectivity index (χ0v) is 11.0. The van der Waals surface area contributed by atoms with Crippen LogP contribution in [0.2, 0.25) is 0 Å². The van der Waals surface area contributed by atoms with Crippen LogP contribution < -0.4 is 0 Å². The maximum absolute atomic E-state index is 13.7. The first-order valence-electron chi connectivity index (χ1n) is 6.47. The lowest BCUT2D eigenvalue weighted by Crippen LogP contribution is -2.04. The second kappa shape index (κ2) is 5.32. The highest BCUT2D eigenvalue weighted by Crippen LogP contribution is 2.25. The summed E-state index contributed by atoms with van der Waals surface area (Å²) in [5.41, 5.74) is 1.30. The monoisotopic (exact) mass is 285 g/mol. The molecule has 6 heteroatoms. The molecule has 1 heterocycles. The fourth-order valence-electron chi connectivity index (χ4n) is 2.19. The van der Waals surface area contributed by atoms with Crippen molar-refractivity contribution < 1.29 is 14.3 Å². The van der Waals surface area contributed by atoms with Crippen LogP contribution in [0.3, 0.4) is 0 Å². The Morgan fingerprint density at radius 2 is 2.14 bits per heavy atom. The molecule has 0 spiro atoms. The SMILES string of the molecule is O=C(O)C1=CC(c2nc(-c3ccccc3F)n[nH]2)=CCC1. The van der Waals surface area contributed by atoms with Crippen molar-refractivity contribution in [3.8, 4) is 11.4 Å². The zero-order chi connectivity index (χ0) is 14.8. The van der Waals surface area contributed by atoms with Gasteiger partial charge in [-0.2, -0.15) is 5.10 Å². The Kier molecular flexibility index (Phi) is 3.35. The molecule has 0 atom stereocenters. The summed E-state index contributed by atoms with van der Waals surface area (Å²) in [6.45, 7) is 0. The van der Waals surface area contributed by atoms with Crippen LogP contribution in [0, 0.1) is 5.82 Å². The highest BCUT2D eigenvalue weighted by Gasteiger charge is 2.16. The van der Waals surface area contributed by atoms with Gasteiger partial charge in [-0.25, -0.2) is 14.2 Å². The van der Waals surface area contributed by atoms with Crippen LogP contribution in [-0.2, 0) is 4.79 Å². The molecule has 1 aromatic carbocycles. The van der Waals surface area contributed by atoms with E-state index in [2.05, 4.69) is 15.2 Å². The van der Waals surface area contributed by atoms with E-state index < -0.39 is 11.8 Å². The van der Waals surface area contributed by atoms with E-state index >= 15 is 0 Å². The van der Waals surface area contributed by atoms with Crippen molar-refractivity contribution in [1.82, 2.24) is 15.2 Å². The fraction of sp³-hybridized carbons (Fsp3) is 0.133. The summed E-state index contributed by atoms with van der Waals surface area (Å²) in [6, 6.07) is 6.23. The number of allylic oxidation sites excluding steroid dienone is 3. The number of H-pyrrole nitrogens is 1. The Hall–Kier alpha value is -2.76. The van der Waals surface area contributed by atoms with Crippen molar-refractivity contribution in [3.63, 3.8) is 0 Å². The lowest BCUT2D eigenvalue weighted by atomic mass is 9.99. The van der Waals surface area contributed by atoms with Crippen LogP contribution in [0.15, 0.2) is 42.0 Å². The standard InChI is InChI=1S/C15H12FN3O2/c16-12-7-2-1-6-11(12)14-17-13(18-19-14)9-4-3-5-10(8-9)15(20)21/h1-2,4,6-8H,3,5H2,(H,20,21)(H,17,18,19). The number of rotatable bonds is 3. The van der Waals surface area contributed by atoms with Crippen molar-refractivity contribution >= 4 is 11.5 Å². The zero-order valence-electron chi connectivity index (χ0n) is 11.0. The van der Waals surface area contributed by atoms with Crippen LogP contribution in [0.25, 0.3) is 17.0 Å². The molecule has 5 nitrogen and oxygen atoms in total. The Balaban J connectivity index is 1.94. The van der Waals surface area contributed by atoms with Crippen LogP contribution in [-0.4, -0.2) is 26.3 Å². The summed E-state index contributed by atoms with van der Waals surface area (Å²) in [5.74, 6) is -0.650. The van der Waals surface area contributed by atoms with Crippen molar-refractivity contribution in [1.29, 1.82) is 0 Å². The summed E-state index contributed by atoms with van der Waals surface area (Å²) in [7, 11) is 0. The van der Waals surface area contributed by atoms with Gasteiger partial charge in [0.1, 0.15) is 5.82 Å². The molecule has 0 fully saturated rings. The summed E-state index contributed by atoms with van der Waals surface area (Å²) in [6.07, 6.45) is 4.58. The van der Waals surface area contributed by atoms with Gasteiger partial charge >= 0.3 is 5.97 Å². The number of hydrogen-bond acceptors (Lipinski definition) is 3. The van der Waals surface area contributed by atoms with Crippen LogP contribution >= 0.6 is 0 Å². The topological polar surface area (TPSA) is 78.9 Å². The number of aromatic nitrogens is 3. The predicted molar refractivity (Wildman–Crippen MR) is 74.7 cm³/mol. The van der Waals surface area contributed by atoms with Gasteiger partial charge < -0.3 is 5.11 Å². The van der Waals surface area contributed by atoms with E-state index in [-0.39, 0.29) is 5.82 Å². The summed E-state index contributed by atoms with van der Waals surface area (Å²) in [5, 5.41) is 15.8. The molecule has 1 aliphatic rings. The molecule has 1 aromatic heterocycles. The number of carboxylic acid groups (broad SMARTS) is 1. The van der Waals surface area contributed by atoms with Crippen LogP contribution in [0.4, 0.5) is 4.39 Å². The minimum absolute atomic E-state index is 0.250. The van der Waals surface area contributed by atoms with Crippen LogP contribution in [0.5, 0.6) is 0 Å². The number of hydrogen-bond donors (Lipinski definition) is 2. The van der Waals surface area contributed by atoms with Gasteiger partial charge in [0, 0.05) is 11.1 Å². The molecule has 21 heavy (non-hydrogen) atoms. The molecular formula is C15H12FN3O2. The lowest BCUT2D eigenvalue weighted by molar-refractivity contribution is -0.132. The number of nitrogens with one attached hydrogen (secondary N) is 1. The maximum atomic E-state index is 13.7. The minimum atomic E-state index is -0.936. The molecule has 0 bridgehead atoms. The first kappa shape index (κ1) is 13.2. The van der Waals surface area contributed by atoms with Crippen LogP contribution in [0.1, 0.15) is 18.7 Å². The molecule has 0 saturated carbocycles. The smallest absolute Gasteiger partial charge is 0.331 e. The Morgan fingerprint density at radius 3 is 2.90 bits per heavy atom. The molecule has 0 radical (unpaired) electrons. The molecule has 0 aliphatic heterocycles. The number of aliphatic carboxylic acids is 1. The molecule has 3 rings (SSSR count). The molecule has 106 valence electrons.